The third kappa shape index (κ3) is 5.15. The van der Waals surface area contributed by atoms with Crippen LogP contribution in [-0.2, 0) is 11.2 Å². The summed E-state index contributed by atoms with van der Waals surface area (Å²) in [6.45, 7) is 3.51. The first-order valence-corrected chi connectivity index (χ1v) is 6.64. The molecule has 1 aromatic rings. The molecule has 1 rings (SSSR count). The second kappa shape index (κ2) is 7.25. The summed E-state index contributed by atoms with van der Waals surface area (Å²) in [6.07, 6.45) is 3.40. The van der Waals surface area contributed by atoms with E-state index >= 15 is 0 Å². The van der Waals surface area contributed by atoms with Crippen molar-refractivity contribution in [2.24, 2.45) is 0 Å². The van der Waals surface area contributed by atoms with E-state index in [1.165, 1.54) is 4.88 Å². The number of hydrogen-bond acceptors (Lipinski definition) is 3. The maximum absolute atomic E-state index is 10.8. The number of hydrogen-bond donors (Lipinski definition) is 1. The molecule has 0 aromatic carbocycles. The summed E-state index contributed by atoms with van der Waals surface area (Å²) in [5.41, 5.74) is 0.493. The van der Waals surface area contributed by atoms with E-state index in [0.717, 1.165) is 13.0 Å². The second-order valence-electron chi connectivity index (χ2n) is 3.98. The van der Waals surface area contributed by atoms with Crippen molar-refractivity contribution >= 4 is 17.3 Å². The number of carbonyl (C=O) groups is 1. The van der Waals surface area contributed by atoms with Crippen LogP contribution in [0.15, 0.2) is 29.2 Å². The van der Waals surface area contributed by atoms with Crippen LogP contribution in [0.25, 0.3) is 0 Å². The smallest absolute Gasteiger partial charge is 0.331 e. The zero-order valence-corrected chi connectivity index (χ0v) is 11.2. The van der Waals surface area contributed by atoms with Gasteiger partial charge in [-0.25, -0.2) is 4.79 Å². The average molecular weight is 253 g/mol. The number of rotatable bonds is 7. The molecule has 0 spiro atoms. The Kier molecular flexibility index (Phi) is 5.94. The van der Waals surface area contributed by atoms with Gasteiger partial charge in [0.1, 0.15) is 0 Å². The third-order valence-electron chi connectivity index (χ3n) is 2.62. The molecular formula is C13H19NO2S. The van der Waals surface area contributed by atoms with Gasteiger partial charge in [0.25, 0.3) is 0 Å². The van der Waals surface area contributed by atoms with Crippen LogP contribution >= 0.6 is 11.3 Å². The number of likely N-dealkylation sites (N-methyl/N-ethyl adjacent to an activating group) is 1. The predicted molar refractivity (Wildman–Crippen MR) is 71.5 cm³/mol. The van der Waals surface area contributed by atoms with Gasteiger partial charge in [-0.3, -0.25) is 0 Å². The average Bonchev–Trinajstić information content (AvgIpc) is 2.79. The van der Waals surface area contributed by atoms with Crippen molar-refractivity contribution < 1.29 is 9.90 Å². The molecule has 4 heteroatoms. The maximum atomic E-state index is 10.8. The zero-order valence-electron chi connectivity index (χ0n) is 10.3. The topological polar surface area (TPSA) is 40.5 Å². The van der Waals surface area contributed by atoms with Gasteiger partial charge in [0, 0.05) is 23.5 Å². The van der Waals surface area contributed by atoms with Gasteiger partial charge >= 0.3 is 5.97 Å². The molecular weight excluding hydrogens is 234 g/mol. The van der Waals surface area contributed by atoms with Crippen molar-refractivity contribution in [3.63, 3.8) is 0 Å². The molecule has 0 atom stereocenters. The molecule has 0 unspecified atom stereocenters. The first-order chi connectivity index (χ1) is 8.13. The standard InChI is InChI=1S/C13H19NO2S/c1-3-11(13(15)16)6-8-14(2)9-7-12-5-4-10-17-12/h4-6,10H,3,7-9H2,1-2H3,(H,15,16). The van der Waals surface area contributed by atoms with Gasteiger partial charge in [0.2, 0.25) is 0 Å². The van der Waals surface area contributed by atoms with Crippen LogP contribution in [-0.4, -0.2) is 36.1 Å². The molecule has 0 fully saturated rings. The van der Waals surface area contributed by atoms with Crippen LogP contribution in [0.1, 0.15) is 18.2 Å². The van der Waals surface area contributed by atoms with Gasteiger partial charge in [-0.15, -0.1) is 11.3 Å². The predicted octanol–water partition coefficient (Wildman–Crippen LogP) is 2.64. The fourth-order valence-electron chi connectivity index (χ4n) is 1.50. The van der Waals surface area contributed by atoms with E-state index in [-0.39, 0.29) is 0 Å². The lowest BCUT2D eigenvalue weighted by molar-refractivity contribution is -0.132. The Morgan fingerprint density at radius 3 is 2.88 bits per heavy atom. The molecule has 0 radical (unpaired) electrons. The number of carboxylic acids is 1. The van der Waals surface area contributed by atoms with E-state index in [2.05, 4.69) is 22.4 Å². The number of thiophene rings is 1. The molecule has 1 N–H and O–H groups in total. The Hall–Kier alpha value is -1.13. The Balaban J connectivity index is 2.34. The highest BCUT2D eigenvalue weighted by Crippen LogP contribution is 2.09. The van der Waals surface area contributed by atoms with Gasteiger partial charge in [0.15, 0.2) is 0 Å². The maximum Gasteiger partial charge on any atom is 0.331 e. The molecule has 0 bridgehead atoms. The third-order valence-corrected chi connectivity index (χ3v) is 3.56. The van der Waals surface area contributed by atoms with E-state index in [4.69, 9.17) is 5.11 Å². The minimum atomic E-state index is -0.806. The number of carboxylic acid groups (broad SMARTS) is 1. The van der Waals surface area contributed by atoms with Crippen molar-refractivity contribution in [1.29, 1.82) is 0 Å². The Bertz CT molecular complexity index is 371. The molecule has 1 aromatic heterocycles. The lowest BCUT2D eigenvalue weighted by atomic mass is 10.2. The summed E-state index contributed by atoms with van der Waals surface area (Å²) in [5.74, 6) is -0.806. The highest BCUT2D eigenvalue weighted by atomic mass is 32.1. The highest BCUT2D eigenvalue weighted by Gasteiger charge is 2.04. The van der Waals surface area contributed by atoms with Crippen LogP contribution in [0.2, 0.25) is 0 Å². The van der Waals surface area contributed by atoms with Crippen LogP contribution < -0.4 is 0 Å². The van der Waals surface area contributed by atoms with Gasteiger partial charge in [-0.1, -0.05) is 19.1 Å². The van der Waals surface area contributed by atoms with Gasteiger partial charge in [0.05, 0.1) is 0 Å². The van der Waals surface area contributed by atoms with Crippen molar-refractivity contribution in [2.45, 2.75) is 19.8 Å². The molecule has 17 heavy (non-hydrogen) atoms. The lowest BCUT2D eigenvalue weighted by Gasteiger charge is -2.13. The minimum Gasteiger partial charge on any atom is -0.478 e. The first-order valence-electron chi connectivity index (χ1n) is 5.76. The Labute approximate surface area is 106 Å². The first kappa shape index (κ1) is 13.9. The molecule has 0 aliphatic rings. The molecule has 0 amide bonds. The summed E-state index contributed by atoms with van der Waals surface area (Å²) in [5, 5.41) is 11.0. The molecule has 3 nitrogen and oxygen atoms in total. The van der Waals surface area contributed by atoms with Crippen LogP contribution in [0, 0.1) is 0 Å². The fraction of sp³-hybridized carbons (Fsp3) is 0.462. The highest BCUT2D eigenvalue weighted by molar-refractivity contribution is 7.09. The van der Waals surface area contributed by atoms with Gasteiger partial charge in [-0.2, -0.15) is 0 Å². The Morgan fingerprint density at radius 2 is 2.35 bits per heavy atom. The van der Waals surface area contributed by atoms with Crippen molar-refractivity contribution in [3.8, 4) is 0 Å². The summed E-state index contributed by atoms with van der Waals surface area (Å²) >= 11 is 1.76. The lowest BCUT2D eigenvalue weighted by Crippen LogP contribution is -2.21. The zero-order chi connectivity index (χ0) is 12.7. The summed E-state index contributed by atoms with van der Waals surface area (Å²) in [4.78, 5) is 14.3. The van der Waals surface area contributed by atoms with Crippen molar-refractivity contribution in [3.05, 3.63) is 34.0 Å². The van der Waals surface area contributed by atoms with E-state index in [9.17, 15) is 4.79 Å². The molecule has 94 valence electrons. The van der Waals surface area contributed by atoms with E-state index in [1.807, 2.05) is 14.0 Å². The second-order valence-corrected chi connectivity index (χ2v) is 5.01. The van der Waals surface area contributed by atoms with Crippen molar-refractivity contribution in [2.75, 3.05) is 20.1 Å². The fourth-order valence-corrected chi connectivity index (χ4v) is 2.19. The molecule has 0 aliphatic carbocycles. The molecule has 0 saturated heterocycles. The SMILES string of the molecule is CCC(=CCN(C)CCc1cccs1)C(=O)O. The minimum absolute atomic E-state index is 0.493. The van der Waals surface area contributed by atoms with Gasteiger partial charge in [-0.05, 0) is 31.3 Å². The largest absolute Gasteiger partial charge is 0.478 e. The van der Waals surface area contributed by atoms with Crippen LogP contribution in [0.4, 0.5) is 0 Å². The number of nitrogens with zero attached hydrogens (tertiary/aromatic N) is 1. The molecule has 0 aliphatic heterocycles. The number of aliphatic carboxylic acids is 1. The molecule has 1 heterocycles. The normalized spacial score (nSPS) is 12.1. The molecule has 0 saturated carbocycles. The van der Waals surface area contributed by atoms with E-state index in [1.54, 1.807) is 17.4 Å². The van der Waals surface area contributed by atoms with E-state index < -0.39 is 5.97 Å². The van der Waals surface area contributed by atoms with Crippen LogP contribution in [0.5, 0.6) is 0 Å². The quantitative estimate of drug-likeness (QED) is 0.759. The summed E-state index contributed by atoms with van der Waals surface area (Å²) in [7, 11) is 2.01. The monoisotopic (exact) mass is 253 g/mol. The van der Waals surface area contributed by atoms with Crippen molar-refractivity contribution in [1.82, 2.24) is 4.90 Å². The summed E-state index contributed by atoms with van der Waals surface area (Å²) in [6, 6.07) is 4.18. The van der Waals surface area contributed by atoms with Gasteiger partial charge < -0.3 is 10.0 Å². The summed E-state index contributed by atoms with van der Waals surface area (Å²) < 4.78 is 0. The Morgan fingerprint density at radius 1 is 1.59 bits per heavy atom. The van der Waals surface area contributed by atoms with Crippen LogP contribution in [0.3, 0.4) is 0 Å². The van der Waals surface area contributed by atoms with E-state index in [0.29, 0.717) is 18.5 Å².